The summed E-state index contributed by atoms with van der Waals surface area (Å²) in [7, 11) is 0. The molecule has 0 radical (unpaired) electrons. The van der Waals surface area contributed by atoms with Crippen LogP contribution in [0.1, 0.15) is 54.4 Å². The predicted octanol–water partition coefficient (Wildman–Crippen LogP) is 4.97. The second kappa shape index (κ2) is 6.69. The van der Waals surface area contributed by atoms with Crippen LogP contribution in [0.2, 0.25) is 0 Å². The summed E-state index contributed by atoms with van der Waals surface area (Å²) in [6, 6.07) is 2.56. The number of carbonyl (C=O) groups is 1. The average Bonchev–Trinajstić information content (AvgIpc) is 2.56. The molecule has 0 unspecified atom stereocenters. The summed E-state index contributed by atoms with van der Waals surface area (Å²) in [4.78, 5) is 11.0. The molecule has 0 aliphatic heterocycles. The van der Waals surface area contributed by atoms with Crippen LogP contribution in [0, 0.1) is 23.2 Å². The third-order valence-corrected chi connectivity index (χ3v) is 6.41. The second-order valence-corrected chi connectivity index (χ2v) is 8.54. The van der Waals surface area contributed by atoms with Crippen molar-refractivity contribution in [2.24, 2.45) is 23.2 Å². The Morgan fingerprint density at radius 2 is 1.70 bits per heavy atom. The smallest absolute Gasteiger partial charge is 0.419 e. The lowest BCUT2D eigenvalue weighted by molar-refractivity contribution is -0.141. The van der Waals surface area contributed by atoms with Crippen LogP contribution < -0.4 is 4.74 Å². The van der Waals surface area contributed by atoms with E-state index in [9.17, 15) is 18.0 Å². The zero-order chi connectivity index (χ0) is 19.2. The molecule has 27 heavy (non-hydrogen) atoms. The first-order valence-electron chi connectivity index (χ1n) is 9.39. The standard InChI is InChI=1S/C20H23F3O4/c21-20(22,23)16-2-1-15(18(24)25)6-17(16)27-11-26-10-19-7-12-3-13(8-19)5-14(4-12)9-19/h1-2,6,12-14H,3-5,7-11H2,(H,24,25). The fourth-order valence-corrected chi connectivity index (χ4v) is 5.84. The lowest BCUT2D eigenvalue weighted by Crippen LogP contribution is -2.48. The Kier molecular flexibility index (Phi) is 4.61. The summed E-state index contributed by atoms with van der Waals surface area (Å²) in [5, 5.41) is 9.00. The maximum atomic E-state index is 13.1. The Bertz CT molecular complexity index is 693. The highest BCUT2D eigenvalue weighted by Crippen LogP contribution is 2.60. The molecule has 0 atom stereocenters. The molecule has 1 aromatic rings. The number of aromatic carboxylic acids is 1. The van der Waals surface area contributed by atoms with Gasteiger partial charge in [-0.15, -0.1) is 0 Å². The fraction of sp³-hybridized carbons (Fsp3) is 0.650. The lowest BCUT2D eigenvalue weighted by Gasteiger charge is -2.56. The first kappa shape index (κ1) is 18.6. The molecule has 4 aliphatic carbocycles. The zero-order valence-corrected chi connectivity index (χ0v) is 14.9. The van der Waals surface area contributed by atoms with Crippen molar-refractivity contribution in [2.75, 3.05) is 13.4 Å². The summed E-state index contributed by atoms with van der Waals surface area (Å²) in [5.41, 5.74) is -1.10. The van der Waals surface area contributed by atoms with Crippen molar-refractivity contribution in [1.29, 1.82) is 0 Å². The van der Waals surface area contributed by atoms with Gasteiger partial charge in [0.15, 0.2) is 6.79 Å². The summed E-state index contributed by atoms with van der Waals surface area (Å²) in [6.45, 7) is 0.185. The van der Waals surface area contributed by atoms with Crippen molar-refractivity contribution in [3.8, 4) is 5.75 Å². The van der Waals surface area contributed by atoms with Crippen molar-refractivity contribution < 1.29 is 32.5 Å². The van der Waals surface area contributed by atoms with Gasteiger partial charge < -0.3 is 14.6 Å². The van der Waals surface area contributed by atoms with Crippen LogP contribution in [-0.4, -0.2) is 24.5 Å². The van der Waals surface area contributed by atoms with Gasteiger partial charge >= 0.3 is 12.1 Å². The van der Waals surface area contributed by atoms with E-state index >= 15 is 0 Å². The van der Waals surface area contributed by atoms with Crippen molar-refractivity contribution in [1.82, 2.24) is 0 Å². The van der Waals surface area contributed by atoms with Crippen LogP contribution in [0.5, 0.6) is 5.75 Å². The first-order chi connectivity index (χ1) is 12.7. The van der Waals surface area contributed by atoms with Gasteiger partial charge in [-0.3, -0.25) is 0 Å². The molecule has 4 saturated carbocycles. The number of halogens is 3. The van der Waals surface area contributed by atoms with Crippen LogP contribution in [0.25, 0.3) is 0 Å². The molecule has 148 valence electrons. The minimum absolute atomic E-state index is 0.147. The van der Waals surface area contributed by atoms with Crippen molar-refractivity contribution in [2.45, 2.75) is 44.7 Å². The van der Waals surface area contributed by atoms with Gasteiger partial charge in [-0.1, -0.05) is 0 Å². The third-order valence-electron chi connectivity index (χ3n) is 6.41. The predicted molar refractivity (Wildman–Crippen MR) is 90.5 cm³/mol. The molecule has 4 nitrogen and oxygen atoms in total. The minimum Gasteiger partial charge on any atom is -0.478 e. The van der Waals surface area contributed by atoms with Gasteiger partial charge in [-0.05, 0) is 79.9 Å². The van der Waals surface area contributed by atoms with E-state index in [2.05, 4.69) is 0 Å². The van der Waals surface area contributed by atoms with Crippen LogP contribution in [-0.2, 0) is 10.9 Å². The van der Waals surface area contributed by atoms with Crippen molar-refractivity contribution in [3.63, 3.8) is 0 Å². The molecule has 0 aromatic heterocycles. The molecule has 0 saturated heterocycles. The highest BCUT2D eigenvalue weighted by molar-refractivity contribution is 5.88. The largest absolute Gasteiger partial charge is 0.478 e. The molecule has 0 heterocycles. The van der Waals surface area contributed by atoms with E-state index in [1.54, 1.807) is 0 Å². The number of benzene rings is 1. The zero-order valence-electron chi connectivity index (χ0n) is 14.9. The summed E-state index contributed by atoms with van der Waals surface area (Å²) in [6.07, 6.45) is 2.74. The molecule has 4 aliphatic rings. The molecular formula is C20H23F3O4. The van der Waals surface area contributed by atoms with E-state index in [-0.39, 0.29) is 17.8 Å². The molecule has 5 rings (SSSR count). The maximum Gasteiger partial charge on any atom is 0.419 e. The molecule has 1 N–H and O–H groups in total. The van der Waals surface area contributed by atoms with Crippen molar-refractivity contribution >= 4 is 5.97 Å². The van der Waals surface area contributed by atoms with E-state index in [4.69, 9.17) is 14.6 Å². The fourth-order valence-electron chi connectivity index (χ4n) is 5.84. The molecule has 1 aromatic carbocycles. The number of carboxylic acids is 1. The Hall–Kier alpha value is -1.76. The van der Waals surface area contributed by atoms with Crippen LogP contribution in [0.15, 0.2) is 18.2 Å². The first-order valence-corrected chi connectivity index (χ1v) is 9.39. The van der Waals surface area contributed by atoms with Gasteiger partial charge in [-0.2, -0.15) is 13.2 Å². The Labute approximate surface area is 155 Å². The highest BCUT2D eigenvalue weighted by Gasteiger charge is 2.50. The molecule has 4 bridgehead atoms. The maximum absolute atomic E-state index is 13.1. The van der Waals surface area contributed by atoms with Crippen molar-refractivity contribution in [3.05, 3.63) is 29.3 Å². The summed E-state index contributed by atoms with van der Waals surface area (Å²) < 4.78 is 50.2. The van der Waals surface area contributed by atoms with E-state index in [1.165, 1.54) is 19.3 Å². The topological polar surface area (TPSA) is 55.8 Å². The van der Waals surface area contributed by atoms with Crippen LogP contribution in [0.3, 0.4) is 0 Å². The quantitative estimate of drug-likeness (QED) is 0.556. The van der Waals surface area contributed by atoms with Gasteiger partial charge in [0.1, 0.15) is 5.75 Å². The molecule has 7 heteroatoms. The van der Waals surface area contributed by atoms with E-state index < -0.39 is 23.5 Å². The SMILES string of the molecule is O=C(O)c1ccc(C(F)(F)F)c(OCOCC23CC4CC(CC(C4)C2)C3)c1. The minimum atomic E-state index is -4.62. The number of alkyl halides is 3. The third kappa shape index (κ3) is 3.79. The Balaban J connectivity index is 1.39. The van der Waals surface area contributed by atoms with Crippen LogP contribution in [0.4, 0.5) is 13.2 Å². The number of ether oxygens (including phenoxy) is 2. The Morgan fingerprint density at radius 1 is 1.11 bits per heavy atom. The normalized spacial score (nSPS) is 31.9. The van der Waals surface area contributed by atoms with Crippen LogP contribution >= 0.6 is 0 Å². The average molecular weight is 384 g/mol. The number of hydrogen-bond acceptors (Lipinski definition) is 3. The summed E-state index contributed by atoms with van der Waals surface area (Å²) in [5.74, 6) is 0.496. The Morgan fingerprint density at radius 3 is 2.22 bits per heavy atom. The van der Waals surface area contributed by atoms with Gasteiger partial charge in [-0.25, -0.2) is 4.79 Å². The van der Waals surface area contributed by atoms with Gasteiger partial charge in [0.05, 0.1) is 17.7 Å². The van der Waals surface area contributed by atoms with Gasteiger partial charge in [0, 0.05) is 0 Å². The number of carboxylic acid groups (broad SMARTS) is 1. The van der Waals surface area contributed by atoms with Gasteiger partial charge in [0.25, 0.3) is 0 Å². The summed E-state index contributed by atoms with van der Waals surface area (Å²) >= 11 is 0. The highest BCUT2D eigenvalue weighted by atomic mass is 19.4. The van der Waals surface area contributed by atoms with Gasteiger partial charge in [0.2, 0.25) is 0 Å². The number of rotatable bonds is 6. The van der Waals surface area contributed by atoms with E-state index in [1.807, 2.05) is 0 Å². The molecule has 4 fully saturated rings. The van der Waals surface area contributed by atoms with E-state index in [0.29, 0.717) is 6.61 Å². The second-order valence-electron chi connectivity index (χ2n) is 8.54. The molecule has 0 spiro atoms. The molecular weight excluding hydrogens is 361 g/mol. The number of hydrogen-bond donors (Lipinski definition) is 1. The van der Waals surface area contributed by atoms with E-state index in [0.717, 1.165) is 55.2 Å². The monoisotopic (exact) mass is 384 g/mol. The lowest BCUT2D eigenvalue weighted by atomic mass is 9.50. The molecule has 0 amide bonds.